The number of aromatic nitrogens is 3. The standard InChI is InChI=1S/C16H15N5O4S3/c1-24-10-4-2-9(3-5-10)11-7-26-15(18-11)19-12(22)6-25-13(23)8-27-16-21-20-14(17)28-16/h2-5,7H,6,8H2,1H3,(H2,17,20)(H,18,19,22). The molecule has 0 unspecified atom stereocenters. The van der Waals surface area contributed by atoms with Gasteiger partial charge in [0.2, 0.25) is 5.13 Å². The van der Waals surface area contributed by atoms with Crippen molar-refractivity contribution in [3.63, 3.8) is 0 Å². The van der Waals surface area contributed by atoms with Crippen LogP contribution in [0.15, 0.2) is 34.0 Å². The summed E-state index contributed by atoms with van der Waals surface area (Å²) in [6.45, 7) is -0.394. The van der Waals surface area contributed by atoms with Crippen LogP contribution in [0, 0.1) is 0 Å². The lowest BCUT2D eigenvalue weighted by molar-refractivity contribution is -0.144. The number of carbonyl (C=O) groups is 2. The Hall–Kier alpha value is -2.70. The van der Waals surface area contributed by atoms with Gasteiger partial charge in [0, 0.05) is 10.9 Å². The van der Waals surface area contributed by atoms with Crippen molar-refractivity contribution >= 4 is 56.6 Å². The van der Waals surface area contributed by atoms with Gasteiger partial charge < -0.3 is 15.2 Å². The van der Waals surface area contributed by atoms with Crippen molar-refractivity contribution in [1.82, 2.24) is 15.2 Å². The molecule has 0 aliphatic rings. The van der Waals surface area contributed by atoms with E-state index in [0.29, 0.717) is 14.6 Å². The number of esters is 1. The number of rotatable bonds is 8. The van der Waals surface area contributed by atoms with Gasteiger partial charge in [-0.3, -0.25) is 14.9 Å². The number of nitrogens with one attached hydrogen (secondary N) is 1. The zero-order valence-corrected chi connectivity index (χ0v) is 17.0. The molecule has 0 aliphatic heterocycles. The van der Waals surface area contributed by atoms with E-state index in [1.807, 2.05) is 29.6 Å². The van der Waals surface area contributed by atoms with Gasteiger partial charge >= 0.3 is 5.97 Å². The topological polar surface area (TPSA) is 129 Å². The highest BCUT2D eigenvalue weighted by atomic mass is 32.2. The minimum atomic E-state index is -0.535. The van der Waals surface area contributed by atoms with Crippen LogP contribution in [-0.2, 0) is 14.3 Å². The zero-order chi connectivity index (χ0) is 19.9. The van der Waals surface area contributed by atoms with Crippen LogP contribution in [0.25, 0.3) is 11.3 Å². The molecule has 0 saturated carbocycles. The summed E-state index contributed by atoms with van der Waals surface area (Å²) in [5.74, 6) is -0.232. The van der Waals surface area contributed by atoms with Gasteiger partial charge in [0.15, 0.2) is 16.1 Å². The number of anilines is 2. The summed E-state index contributed by atoms with van der Waals surface area (Å²) in [6.07, 6.45) is 0. The minimum Gasteiger partial charge on any atom is -0.497 e. The number of methoxy groups -OCH3 is 1. The molecule has 0 radical (unpaired) electrons. The highest BCUT2D eigenvalue weighted by Gasteiger charge is 2.12. The van der Waals surface area contributed by atoms with E-state index in [-0.39, 0.29) is 5.75 Å². The molecule has 2 heterocycles. The van der Waals surface area contributed by atoms with E-state index in [4.69, 9.17) is 15.2 Å². The third-order valence-corrected chi connectivity index (χ3v) is 5.85. The molecule has 0 fully saturated rings. The van der Waals surface area contributed by atoms with Crippen molar-refractivity contribution in [3.8, 4) is 17.0 Å². The number of hydrogen-bond donors (Lipinski definition) is 2. The van der Waals surface area contributed by atoms with Crippen LogP contribution >= 0.6 is 34.4 Å². The van der Waals surface area contributed by atoms with Crippen LogP contribution < -0.4 is 15.8 Å². The minimum absolute atomic E-state index is 0.0147. The Morgan fingerprint density at radius 1 is 1.25 bits per heavy atom. The first-order valence-corrected chi connectivity index (χ1v) is 10.5. The van der Waals surface area contributed by atoms with Crippen LogP contribution in [0.5, 0.6) is 5.75 Å². The van der Waals surface area contributed by atoms with Crippen molar-refractivity contribution in [2.24, 2.45) is 0 Å². The van der Waals surface area contributed by atoms with Crippen LogP contribution in [-0.4, -0.2) is 46.5 Å². The first kappa shape index (κ1) is 20.0. The van der Waals surface area contributed by atoms with E-state index in [1.165, 1.54) is 22.7 Å². The Labute approximate surface area is 172 Å². The number of thioether (sulfide) groups is 1. The number of nitrogens with zero attached hydrogens (tertiary/aromatic N) is 3. The summed E-state index contributed by atoms with van der Waals surface area (Å²) in [4.78, 5) is 28.0. The monoisotopic (exact) mass is 437 g/mol. The molecule has 0 atom stereocenters. The van der Waals surface area contributed by atoms with E-state index in [2.05, 4.69) is 20.5 Å². The second kappa shape index (κ2) is 9.48. The van der Waals surface area contributed by atoms with Crippen molar-refractivity contribution < 1.29 is 19.1 Å². The lowest BCUT2D eigenvalue weighted by Crippen LogP contribution is -2.21. The van der Waals surface area contributed by atoms with E-state index in [0.717, 1.165) is 28.8 Å². The number of ether oxygens (including phenoxy) is 2. The molecule has 2 aromatic heterocycles. The summed E-state index contributed by atoms with van der Waals surface area (Å²) >= 11 is 3.61. The third-order valence-electron chi connectivity index (χ3n) is 3.24. The molecule has 28 heavy (non-hydrogen) atoms. The molecule has 12 heteroatoms. The summed E-state index contributed by atoms with van der Waals surface area (Å²) in [5.41, 5.74) is 7.09. The maximum absolute atomic E-state index is 11.9. The van der Waals surface area contributed by atoms with E-state index in [1.54, 1.807) is 7.11 Å². The van der Waals surface area contributed by atoms with Gasteiger partial charge in [-0.25, -0.2) is 4.98 Å². The molecule has 0 saturated heterocycles. The normalized spacial score (nSPS) is 10.5. The smallest absolute Gasteiger partial charge is 0.316 e. The van der Waals surface area contributed by atoms with Crippen LogP contribution in [0.4, 0.5) is 10.3 Å². The van der Waals surface area contributed by atoms with Crippen LogP contribution in [0.3, 0.4) is 0 Å². The maximum Gasteiger partial charge on any atom is 0.316 e. The lowest BCUT2D eigenvalue weighted by Gasteiger charge is -2.04. The summed E-state index contributed by atoms with van der Waals surface area (Å²) < 4.78 is 10.6. The third kappa shape index (κ3) is 5.65. The molecule has 1 amide bonds. The molecule has 3 rings (SSSR count). The zero-order valence-electron chi connectivity index (χ0n) is 14.6. The molecule has 3 aromatic rings. The number of carbonyl (C=O) groups excluding carboxylic acids is 2. The largest absolute Gasteiger partial charge is 0.497 e. The number of amides is 1. The number of nitrogens with two attached hydrogens (primary N) is 1. The quantitative estimate of drug-likeness (QED) is 0.403. The number of nitrogen functional groups attached to an aromatic ring is 1. The fourth-order valence-electron chi connectivity index (χ4n) is 1.97. The van der Waals surface area contributed by atoms with Gasteiger partial charge in [0.25, 0.3) is 5.91 Å². The SMILES string of the molecule is COc1ccc(-c2csc(NC(=O)COC(=O)CSc3nnc(N)s3)n2)cc1. The summed E-state index contributed by atoms with van der Waals surface area (Å²) in [5, 5.41) is 12.6. The van der Waals surface area contributed by atoms with Gasteiger partial charge in [0.05, 0.1) is 18.6 Å². The van der Waals surface area contributed by atoms with Gasteiger partial charge in [-0.1, -0.05) is 23.1 Å². The molecule has 0 aliphatic carbocycles. The highest BCUT2D eigenvalue weighted by Crippen LogP contribution is 2.26. The number of benzene rings is 1. The Morgan fingerprint density at radius 3 is 2.71 bits per heavy atom. The van der Waals surface area contributed by atoms with Gasteiger partial charge in [0.1, 0.15) is 5.75 Å². The Balaban J connectivity index is 1.44. The second-order valence-corrected chi connectivity index (χ2v) is 8.26. The highest BCUT2D eigenvalue weighted by molar-refractivity contribution is 8.01. The van der Waals surface area contributed by atoms with Crippen molar-refractivity contribution in [2.45, 2.75) is 4.34 Å². The van der Waals surface area contributed by atoms with Crippen molar-refractivity contribution in [1.29, 1.82) is 0 Å². The fraction of sp³-hybridized carbons (Fsp3) is 0.188. The first-order valence-electron chi connectivity index (χ1n) is 7.80. The Bertz CT molecular complexity index is 957. The van der Waals surface area contributed by atoms with E-state index >= 15 is 0 Å². The Kier molecular flexibility index (Phi) is 6.79. The average molecular weight is 438 g/mol. The molecule has 146 valence electrons. The van der Waals surface area contributed by atoms with Crippen LogP contribution in [0.2, 0.25) is 0 Å². The first-order chi connectivity index (χ1) is 13.5. The molecule has 3 N–H and O–H groups in total. The number of thiazole rings is 1. The van der Waals surface area contributed by atoms with Gasteiger partial charge in [-0.15, -0.1) is 21.5 Å². The number of hydrogen-bond acceptors (Lipinski definition) is 11. The predicted molar refractivity (Wildman–Crippen MR) is 109 cm³/mol. The fourth-order valence-corrected chi connectivity index (χ4v) is 4.14. The molecular weight excluding hydrogens is 422 g/mol. The second-order valence-electron chi connectivity index (χ2n) is 5.17. The molecule has 0 bridgehead atoms. The van der Waals surface area contributed by atoms with E-state index in [9.17, 15) is 9.59 Å². The summed E-state index contributed by atoms with van der Waals surface area (Å²) in [7, 11) is 1.60. The summed E-state index contributed by atoms with van der Waals surface area (Å²) in [6, 6.07) is 7.43. The lowest BCUT2D eigenvalue weighted by atomic mass is 10.2. The van der Waals surface area contributed by atoms with E-state index < -0.39 is 18.5 Å². The maximum atomic E-state index is 11.9. The molecule has 9 nitrogen and oxygen atoms in total. The van der Waals surface area contributed by atoms with Gasteiger partial charge in [-0.2, -0.15) is 0 Å². The Morgan fingerprint density at radius 2 is 2.04 bits per heavy atom. The van der Waals surface area contributed by atoms with Gasteiger partial charge in [-0.05, 0) is 24.3 Å². The molecular formula is C16H15N5O4S3. The molecule has 0 spiro atoms. The van der Waals surface area contributed by atoms with Crippen LogP contribution in [0.1, 0.15) is 0 Å². The average Bonchev–Trinajstić information content (AvgIpc) is 3.33. The van der Waals surface area contributed by atoms with Crippen molar-refractivity contribution in [3.05, 3.63) is 29.6 Å². The molecule has 1 aromatic carbocycles. The van der Waals surface area contributed by atoms with Crippen molar-refractivity contribution in [2.75, 3.05) is 30.5 Å². The predicted octanol–water partition coefficient (Wildman–Crippen LogP) is 2.53.